The van der Waals surface area contributed by atoms with Crippen molar-refractivity contribution in [2.75, 3.05) is 20.6 Å². The first-order chi connectivity index (χ1) is 15.8. The Kier molecular flexibility index (Phi) is 7.35. The van der Waals surface area contributed by atoms with Crippen LogP contribution in [-0.2, 0) is 0 Å². The summed E-state index contributed by atoms with van der Waals surface area (Å²) in [5, 5.41) is 35.1. The van der Waals surface area contributed by atoms with Gasteiger partial charge in [-0.3, -0.25) is 0 Å². The van der Waals surface area contributed by atoms with E-state index in [0.29, 0.717) is 42.6 Å². The van der Waals surface area contributed by atoms with Gasteiger partial charge in [0.15, 0.2) is 0 Å². The van der Waals surface area contributed by atoms with E-state index in [1.54, 1.807) is 0 Å². The topological polar surface area (TPSA) is 63.9 Å². The summed E-state index contributed by atoms with van der Waals surface area (Å²) in [6.07, 6.45) is 11.1. The predicted molar refractivity (Wildman–Crippen MR) is 139 cm³/mol. The lowest BCUT2D eigenvalue weighted by Gasteiger charge is -2.69. The Morgan fingerprint density at radius 3 is 2.24 bits per heavy atom. The molecule has 0 aliphatic heterocycles. The quantitative estimate of drug-likeness (QED) is 0.454. The first-order valence-electron chi connectivity index (χ1n) is 14.5. The van der Waals surface area contributed by atoms with E-state index in [4.69, 9.17) is 0 Å². The van der Waals surface area contributed by atoms with Gasteiger partial charge in [-0.1, -0.05) is 53.9 Å². The van der Waals surface area contributed by atoms with Gasteiger partial charge in [-0.25, -0.2) is 0 Å². The number of aliphatic hydroxyl groups is 3. The summed E-state index contributed by atoms with van der Waals surface area (Å²) < 4.78 is 0. The molecule has 0 amide bonds. The third-order valence-electron chi connectivity index (χ3n) is 11.9. The van der Waals surface area contributed by atoms with Crippen molar-refractivity contribution in [1.82, 2.24) is 4.90 Å². The predicted octanol–water partition coefficient (Wildman–Crippen LogP) is 5.49. The van der Waals surface area contributed by atoms with Gasteiger partial charge < -0.3 is 20.2 Å². The zero-order chi connectivity index (χ0) is 25.1. The molecule has 4 saturated carbocycles. The van der Waals surface area contributed by atoms with Gasteiger partial charge in [0.2, 0.25) is 0 Å². The molecule has 10 atom stereocenters. The molecular formula is C30H55NO3. The van der Waals surface area contributed by atoms with E-state index in [1.807, 2.05) is 19.0 Å². The van der Waals surface area contributed by atoms with Gasteiger partial charge in [0.05, 0.1) is 6.10 Å². The van der Waals surface area contributed by atoms with Crippen molar-refractivity contribution < 1.29 is 15.3 Å². The van der Waals surface area contributed by atoms with Gasteiger partial charge in [-0.05, 0) is 100.0 Å². The van der Waals surface area contributed by atoms with E-state index in [-0.39, 0.29) is 5.41 Å². The summed E-state index contributed by atoms with van der Waals surface area (Å²) in [6.45, 7) is 12.5. The fourth-order valence-electron chi connectivity index (χ4n) is 10.2. The average molecular weight is 478 g/mol. The maximum absolute atomic E-state index is 12.3. The zero-order valence-electron chi connectivity index (χ0n) is 23.3. The molecule has 34 heavy (non-hydrogen) atoms. The summed E-state index contributed by atoms with van der Waals surface area (Å²) >= 11 is 0. The number of fused-ring (bicyclic) bond motifs is 5. The summed E-state index contributed by atoms with van der Waals surface area (Å²) in [7, 11) is 4.00. The van der Waals surface area contributed by atoms with Crippen molar-refractivity contribution in [3.05, 3.63) is 0 Å². The highest BCUT2D eigenvalue weighted by Gasteiger charge is 2.72. The molecule has 4 aliphatic carbocycles. The Bertz CT molecular complexity index is 726. The van der Waals surface area contributed by atoms with Crippen molar-refractivity contribution in [2.45, 2.75) is 123 Å². The monoisotopic (exact) mass is 477 g/mol. The third kappa shape index (κ3) is 4.11. The van der Waals surface area contributed by atoms with Crippen molar-refractivity contribution >= 4 is 0 Å². The smallest absolute Gasteiger partial charge is 0.107 e. The van der Waals surface area contributed by atoms with E-state index in [9.17, 15) is 15.3 Å². The molecule has 0 radical (unpaired) electrons. The summed E-state index contributed by atoms with van der Waals surface area (Å²) in [6, 6.07) is 0. The second-order valence-corrected chi connectivity index (χ2v) is 14.6. The number of hydrogen-bond donors (Lipinski definition) is 3. The fourth-order valence-corrected chi connectivity index (χ4v) is 10.2. The Labute approximate surface area is 209 Å². The van der Waals surface area contributed by atoms with Crippen molar-refractivity contribution in [3.8, 4) is 0 Å². The molecular weight excluding hydrogens is 422 g/mol. The largest absolute Gasteiger partial charge is 0.393 e. The van der Waals surface area contributed by atoms with Gasteiger partial charge in [0.1, 0.15) is 11.2 Å². The Balaban J connectivity index is 1.63. The average Bonchev–Trinajstić information content (AvgIpc) is 3.07. The van der Waals surface area contributed by atoms with E-state index in [0.717, 1.165) is 30.6 Å². The van der Waals surface area contributed by atoms with Crippen LogP contribution in [0.4, 0.5) is 0 Å². The highest BCUT2D eigenvalue weighted by molar-refractivity contribution is 5.22. The highest BCUT2D eigenvalue weighted by atomic mass is 16.4. The minimum atomic E-state index is -1.22. The SMILES string of the molecule is CC(C)CCC[C@@H](C)[C@H]1CC[C@H]2[C@@H]3C[C@@](O)(CN(C)C)[C@@]4(O)C[C@@H](O)CC[C@]4(C)[C@H]3CC[C@]12C. The standard InChI is InChI=1S/C30H55NO3/c1-20(2)9-8-10-21(3)24-11-12-25-23-18-29(33,19-31(6)7)30(34)17-22(32)13-16-28(30,5)26(23)14-15-27(24,25)4/h20-26,32-34H,8-19H2,1-7H3/t21-,22+,23+,24-,25+,26+,27-,28-,29-,30-/m1/s1. The highest BCUT2D eigenvalue weighted by Crippen LogP contribution is 2.70. The molecule has 0 unspecified atom stereocenters. The molecule has 0 bridgehead atoms. The van der Waals surface area contributed by atoms with E-state index in [1.165, 1.54) is 44.9 Å². The number of nitrogens with zero attached hydrogens (tertiary/aromatic N) is 1. The van der Waals surface area contributed by atoms with Gasteiger partial charge >= 0.3 is 0 Å². The molecule has 4 heteroatoms. The van der Waals surface area contributed by atoms with Gasteiger partial charge in [0, 0.05) is 18.4 Å². The van der Waals surface area contributed by atoms with Gasteiger partial charge in [-0.2, -0.15) is 0 Å². The fraction of sp³-hybridized carbons (Fsp3) is 1.00. The van der Waals surface area contributed by atoms with Gasteiger partial charge in [0.25, 0.3) is 0 Å². The molecule has 4 fully saturated rings. The Morgan fingerprint density at radius 2 is 1.59 bits per heavy atom. The number of likely N-dealkylation sites (N-methyl/N-ethyl adjacent to an activating group) is 1. The van der Waals surface area contributed by atoms with Crippen LogP contribution >= 0.6 is 0 Å². The maximum atomic E-state index is 12.3. The van der Waals surface area contributed by atoms with Crippen LogP contribution in [0.5, 0.6) is 0 Å². The molecule has 3 N–H and O–H groups in total. The second kappa shape index (κ2) is 9.30. The molecule has 4 rings (SSSR count). The molecule has 4 aliphatic rings. The van der Waals surface area contributed by atoms with Crippen LogP contribution in [0, 0.1) is 46.3 Å². The number of aliphatic hydroxyl groups excluding tert-OH is 1. The minimum Gasteiger partial charge on any atom is -0.393 e. The second-order valence-electron chi connectivity index (χ2n) is 14.6. The van der Waals surface area contributed by atoms with Gasteiger partial charge in [-0.15, -0.1) is 0 Å². The lowest BCUT2D eigenvalue weighted by atomic mass is 9.39. The molecule has 0 spiro atoms. The Morgan fingerprint density at radius 1 is 0.882 bits per heavy atom. The molecule has 0 aromatic rings. The lowest BCUT2D eigenvalue weighted by molar-refractivity contribution is -0.308. The maximum Gasteiger partial charge on any atom is 0.107 e. The molecule has 4 nitrogen and oxygen atoms in total. The molecule has 0 saturated heterocycles. The third-order valence-corrected chi connectivity index (χ3v) is 11.9. The molecule has 0 aromatic carbocycles. The van der Waals surface area contributed by atoms with Crippen molar-refractivity contribution in [3.63, 3.8) is 0 Å². The van der Waals surface area contributed by atoms with Crippen LogP contribution < -0.4 is 0 Å². The number of rotatable bonds is 7. The first kappa shape index (κ1) is 26.9. The molecule has 0 heterocycles. The normalized spacial score (nSPS) is 49.6. The van der Waals surface area contributed by atoms with E-state index in [2.05, 4.69) is 34.6 Å². The summed E-state index contributed by atoms with van der Waals surface area (Å²) in [5.74, 6) is 3.91. The van der Waals surface area contributed by atoms with Crippen LogP contribution in [0.25, 0.3) is 0 Å². The summed E-state index contributed by atoms with van der Waals surface area (Å²) in [5.41, 5.74) is -2.37. The van der Waals surface area contributed by atoms with Crippen molar-refractivity contribution in [1.29, 1.82) is 0 Å². The van der Waals surface area contributed by atoms with Crippen LogP contribution in [0.15, 0.2) is 0 Å². The lowest BCUT2D eigenvalue weighted by Crippen LogP contribution is -2.76. The van der Waals surface area contributed by atoms with E-state index >= 15 is 0 Å². The molecule has 0 aromatic heterocycles. The van der Waals surface area contributed by atoms with Crippen LogP contribution in [0.3, 0.4) is 0 Å². The van der Waals surface area contributed by atoms with Crippen LogP contribution in [-0.4, -0.2) is 58.2 Å². The Hall–Kier alpha value is -0.160. The zero-order valence-corrected chi connectivity index (χ0v) is 23.3. The summed E-state index contributed by atoms with van der Waals surface area (Å²) in [4.78, 5) is 2.04. The van der Waals surface area contributed by atoms with Crippen molar-refractivity contribution in [2.24, 2.45) is 46.3 Å². The first-order valence-corrected chi connectivity index (χ1v) is 14.5. The number of hydrogen-bond acceptors (Lipinski definition) is 4. The van der Waals surface area contributed by atoms with Crippen LogP contribution in [0.2, 0.25) is 0 Å². The van der Waals surface area contributed by atoms with Crippen LogP contribution in [0.1, 0.15) is 105 Å². The minimum absolute atomic E-state index is 0.314. The molecule has 198 valence electrons. The van der Waals surface area contributed by atoms with E-state index < -0.39 is 17.3 Å².